The lowest BCUT2D eigenvalue weighted by molar-refractivity contribution is -0.155. The van der Waals surface area contributed by atoms with Crippen LogP contribution in [0, 0.1) is 0 Å². The molecular weight excluding hydrogens is 308 g/mol. The van der Waals surface area contributed by atoms with Crippen molar-refractivity contribution in [1.29, 1.82) is 0 Å². The number of amides is 1. The third-order valence-electron chi connectivity index (χ3n) is 4.18. The summed E-state index contributed by atoms with van der Waals surface area (Å²) in [6.45, 7) is -0.856. The van der Waals surface area contributed by atoms with Crippen LogP contribution in [0.25, 0.3) is 0 Å². The number of hydrogen-bond acceptors (Lipinski definition) is 3. The smallest absolute Gasteiger partial charge is 0.387 e. The van der Waals surface area contributed by atoms with Crippen LogP contribution in [0.2, 0.25) is 0 Å². The zero-order valence-electron chi connectivity index (χ0n) is 12.8. The molecule has 0 aromatic heterocycles. The molecule has 0 spiro atoms. The van der Waals surface area contributed by atoms with Crippen LogP contribution in [0.5, 0.6) is 5.75 Å². The van der Waals surface area contributed by atoms with E-state index in [-0.39, 0.29) is 18.1 Å². The normalized spacial score (nSPS) is 20.8. The van der Waals surface area contributed by atoms with E-state index >= 15 is 0 Å². The van der Waals surface area contributed by atoms with Crippen molar-refractivity contribution in [3.05, 3.63) is 29.8 Å². The maximum atomic E-state index is 12.3. The standard InChI is InChI=1S/C16H19F2NO4/c1-16(14(21)22)9-2-10-19(16)13(20)8-5-11-3-6-12(7-4-11)23-15(17)18/h3-4,6-7,15H,2,5,8-10H2,1H3,(H,21,22). The van der Waals surface area contributed by atoms with E-state index in [4.69, 9.17) is 0 Å². The van der Waals surface area contributed by atoms with Gasteiger partial charge < -0.3 is 14.7 Å². The number of carbonyl (C=O) groups excluding carboxylic acids is 1. The van der Waals surface area contributed by atoms with E-state index in [0.717, 1.165) is 5.56 Å². The lowest BCUT2D eigenvalue weighted by Gasteiger charge is -2.31. The summed E-state index contributed by atoms with van der Waals surface area (Å²) in [5, 5.41) is 9.31. The Morgan fingerprint density at radius 1 is 1.35 bits per heavy atom. The van der Waals surface area contributed by atoms with Gasteiger partial charge in [-0.25, -0.2) is 4.79 Å². The van der Waals surface area contributed by atoms with E-state index < -0.39 is 18.1 Å². The largest absolute Gasteiger partial charge is 0.480 e. The number of halogens is 2. The summed E-state index contributed by atoms with van der Waals surface area (Å²) in [6.07, 6.45) is 1.72. The Morgan fingerprint density at radius 3 is 2.57 bits per heavy atom. The Morgan fingerprint density at radius 2 is 2.00 bits per heavy atom. The first-order valence-electron chi connectivity index (χ1n) is 7.40. The minimum absolute atomic E-state index is 0.0630. The number of rotatable bonds is 6. The molecule has 1 atom stereocenters. The Kier molecular flexibility index (Phi) is 5.18. The number of ether oxygens (including phenoxy) is 1. The Balaban J connectivity index is 1.93. The molecule has 5 nitrogen and oxygen atoms in total. The number of aliphatic carboxylic acids is 1. The van der Waals surface area contributed by atoms with Crippen LogP contribution in [0.15, 0.2) is 24.3 Å². The first-order valence-corrected chi connectivity index (χ1v) is 7.40. The average Bonchev–Trinajstić information content (AvgIpc) is 2.89. The highest BCUT2D eigenvalue weighted by Crippen LogP contribution is 2.30. The van der Waals surface area contributed by atoms with Crippen molar-refractivity contribution in [3.63, 3.8) is 0 Å². The maximum absolute atomic E-state index is 12.3. The van der Waals surface area contributed by atoms with Gasteiger partial charge in [-0.3, -0.25) is 4.79 Å². The highest BCUT2D eigenvalue weighted by molar-refractivity contribution is 5.87. The van der Waals surface area contributed by atoms with Gasteiger partial charge in [-0.05, 0) is 43.9 Å². The molecule has 1 N–H and O–H groups in total. The van der Waals surface area contributed by atoms with Gasteiger partial charge in [0.05, 0.1) is 0 Å². The first-order chi connectivity index (χ1) is 10.8. The Hall–Kier alpha value is -2.18. The molecular formula is C16H19F2NO4. The monoisotopic (exact) mass is 327 g/mol. The first kappa shape index (κ1) is 17.2. The summed E-state index contributed by atoms with van der Waals surface area (Å²) in [5.74, 6) is -1.13. The van der Waals surface area contributed by atoms with Gasteiger partial charge in [-0.1, -0.05) is 12.1 Å². The summed E-state index contributed by atoms with van der Waals surface area (Å²) in [4.78, 5) is 25.1. The van der Waals surface area contributed by atoms with Crippen LogP contribution in [0.1, 0.15) is 31.7 Å². The van der Waals surface area contributed by atoms with Crippen LogP contribution in [-0.4, -0.2) is 40.6 Å². The van der Waals surface area contributed by atoms with Crippen LogP contribution in [-0.2, 0) is 16.0 Å². The van der Waals surface area contributed by atoms with Crippen molar-refractivity contribution in [2.45, 2.75) is 44.8 Å². The molecule has 1 aromatic carbocycles. The second kappa shape index (κ2) is 6.93. The summed E-state index contributed by atoms with van der Waals surface area (Å²) >= 11 is 0. The molecule has 1 fully saturated rings. The van der Waals surface area contributed by atoms with E-state index in [0.29, 0.717) is 25.8 Å². The molecule has 0 radical (unpaired) electrons. The van der Waals surface area contributed by atoms with Crippen molar-refractivity contribution >= 4 is 11.9 Å². The van der Waals surface area contributed by atoms with Crippen LogP contribution >= 0.6 is 0 Å². The van der Waals surface area contributed by atoms with E-state index in [1.807, 2.05) is 0 Å². The predicted molar refractivity (Wildman–Crippen MR) is 78.4 cm³/mol. The van der Waals surface area contributed by atoms with Crippen molar-refractivity contribution in [1.82, 2.24) is 4.90 Å². The topological polar surface area (TPSA) is 66.8 Å². The number of carbonyl (C=O) groups is 2. The van der Waals surface area contributed by atoms with E-state index in [2.05, 4.69) is 4.74 Å². The molecule has 126 valence electrons. The third-order valence-corrected chi connectivity index (χ3v) is 4.18. The minimum atomic E-state index is -2.87. The van der Waals surface area contributed by atoms with Crippen molar-refractivity contribution in [2.75, 3.05) is 6.54 Å². The number of carboxylic acid groups (broad SMARTS) is 1. The molecule has 1 saturated heterocycles. The van der Waals surface area contributed by atoms with E-state index in [9.17, 15) is 23.5 Å². The van der Waals surface area contributed by atoms with Crippen molar-refractivity contribution in [2.24, 2.45) is 0 Å². The fourth-order valence-electron chi connectivity index (χ4n) is 2.81. The molecule has 1 unspecified atom stereocenters. The summed E-state index contributed by atoms with van der Waals surface area (Å²) in [6, 6.07) is 6.07. The number of alkyl halides is 2. The molecule has 1 amide bonds. The second-order valence-electron chi connectivity index (χ2n) is 5.75. The van der Waals surface area contributed by atoms with Gasteiger partial charge in [0.25, 0.3) is 0 Å². The van der Waals surface area contributed by atoms with Gasteiger partial charge in [-0.2, -0.15) is 8.78 Å². The van der Waals surface area contributed by atoms with E-state index in [1.165, 1.54) is 17.0 Å². The third kappa shape index (κ3) is 3.97. The number of carboxylic acids is 1. The Bertz CT molecular complexity index is 576. The van der Waals surface area contributed by atoms with Gasteiger partial charge in [0, 0.05) is 13.0 Å². The van der Waals surface area contributed by atoms with Gasteiger partial charge in [-0.15, -0.1) is 0 Å². The van der Waals surface area contributed by atoms with Crippen molar-refractivity contribution in [3.8, 4) is 5.75 Å². The van der Waals surface area contributed by atoms with Crippen LogP contribution in [0.3, 0.4) is 0 Å². The van der Waals surface area contributed by atoms with Gasteiger partial charge >= 0.3 is 12.6 Å². The Labute approximate surface area is 132 Å². The number of likely N-dealkylation sites (tertiary alicyclic amines) is 1. The number of benzene rings is 1. The van der Waals surface area contributed by atoms with Crippen LogP contribution < -0.4 is 4.74 Å². The molecule has 23 heavy (non-hydrogen) atoms. The zero-order chi connectivity index (χ0) is 17.0. The fourth-order valence-corrected chi connectivity index (χ4v) is 2.81. The van der Waals surface area contributed by atoms with Gasteiger partial charge in [0.2, 0.25) is 5.91 Å². The maximum Gasteiger partial charge on any atom is 0.387 e. The number of aryl methyl sites for hydroxylation is 1. The number of hydrogen-bond donors (Lipinski definition) is 1. The second-order valence-corrected chi connectivity index (χ2v) is 5.75. The molecule has 1 heterocycles. The molecule has 1 aromatic rings. The summed E-state index contributed by atoms with van der Waals surface area (Å²) in [7, 11) is 0. The van der Waals surface area contributed by atoms with Crippen molar-refractivity contribution < 1.29 is 28.2 Å². The van der Waals surface area contributed by atoms with Gasteiger partial charge in [0.1, 0.15) is 11.3 Å². The SMILES string of the molecule is CC1(C(=O)O)CCCN1C(=O)CCc1ccc(OC(F)F)cc1. The lowest BCUT2D eigenvalue weighted by Crippen LogP contribution is -2.50. The van der Waals surface area contributed by atoms with Gasteiger partial charge in [0.15, 0.2) is 0 Å². The average molecular weight is 327 g/mol. The highest BCUT2D eigenvalue weighted by atomic mass is 19.3. The molecule has 0 aliphatic carbocycles. The summed E-state index contributed by atoms with van der Waals surface area (Å²) < 4.78 is 28.4. The quantitative estimate of drug-likeness (QED) is 0.872. The zero-order valence-corrected chi connectivity index (χ0v) is 12.8. The molecule has 7 heteroatoms. The predicted octanol–water partition coefficient (Wildman–Crippen LogP) is 2.69. The fraction of sp³-hybridized carbons (Fsp3) is 0.500. The molecule has 0 saturated carbocycles. The minimum Gasteiger partial charge on any atom is -0.480 e. The highest BCUT2D eigenvalue weighted by Gasteiger charge is 2.45. The van der Waals surface area contributed by atoms with Crippen LogP contribution in [0.4, 0.5) is 8.78 Å². The van der Waals surface area contributed by atoms with E-state index in [1.54, 1.807) is 19.1 Å². The molecule has 1 aliphatic rings. The lowest BCUT2D eigenvalue weighted by atomic mass is 9.98. The summed E-state index contributed by atoms with van der Waals surface area (Å²) in [5.41, 5.74) is -0.331. The number of nitrogens with zero attached hydrogens (tertiary/aromatic N) is 1. The molecule has 2 rings (SSSR count). The molecule has 1 aliphatic heterocycles. The molecule has 0 bridgehead atoms.